The summed E-state index contributed by atoms with van der Waals surface area (Å²) < 4.78 is 12.9. The SMILES string of the molecule is N#CC1CC(F)(CBr)C1. The highest BCUT2D eigenvalue weighted by Crippen LogP contribution is 2.41. The molecule has 0 unspecified atom stereocenters. The van der Waals surface area contributed by atoms with Crippen LogP contribution >= 0.6 is 15.9 Å². The summed E-state index contributed by atoms with van der Waals surface area (Å²) in [6, 6.07) is 2.03. The monoisotopic (exact) mass is 191 g/mol. The lowest BCUT2D eigenvalue weighted by molar-refractivity contribution is 0.0575. The van der Waals surface area contributed by atoms with Crippen LogP contribution in [0.2, 0.25) is 0 Å². The average molecular weight is 192 g/mol. The Hall–Kier alpha value is -0.100. The van der Waals surface area contributed by atoms with Gasteiger partial charge in [0, 0.05) is 5.33 Å². The number of halogens is 2. The summed E-state index contributed by atoms with van der Waals surface area (Å²) in [5.41, 5.74) is -1.07. The van der Waals surface area contributed by atoms with Crippen LogP contribution in [0.1, 0.15) is 12.8 Å². The van der Waals surface area contributed by atoms with E-state index in [-0.39, 0.29) is 5.92 Å². The minimum atomic E-state index is -1.07. The molecule has 50 valence electrons. The van der Waals surface area contributed by atoms with Crippen molar-refractivity contribution in [3.8, 4) is 6.07 Å². The molecule has 0 heterocycles. The zero-order chi connectivity index (χ0) is 6.91. The van der Waals surface area contributed by atoms with Gasteiger partial charge in [-0.3, -0.25) is 0 Å². The lowest BCUT2D eigenvalue weighted by atomic mass is 9.74. The predicted molar refractivity (Wildman–Crippen MR) is 36.0 cm³/mol. The Labute approximate surface area is 62.0 Å². The van der Waals surface area contributed by atoms with E-state index in [1.165, 1.54) is 0 Å². The second kappa shape index (κ2) is 2.26. The molecular weight excluding hydrogens is 185 g/mol. The lowest BCUT2D eigenvalue weighted by Gasteiger charge is -2.36. The molecule has 3 heteroatoms. The van der Waals surface area contributed by atoms with E-state index >= 15 is 0 Å². The maximum atomic E-state index is 12.9. The van der Waals surface area contributed by atoms with Crippen molar-refractivity contribution < 1.29 is 4.39 Å². The van der Waals surface area contributed by atoms with Gasteiger partial charge in [-0.2, -0.15) is 5.26 Å². The van der Waals surface area contributed by atoms with E-state index < -0.39 is 5.67 Å². The summed E-state index contributed by atoms with van der Waals surface area (Å²) in [6.07, 6.45) is 0.823. The van der Waals surface area contributed by atoms with E-state index in [1.54, 1.807) is 0 Å². The third-order valence-corrected chi connectivity index (χ3v) is 2.65. The van der Waals surface area contributed by atoms with E-state index in [9.17, 15) is 4.39 Å². The van der Waals surface area contributed by atoms with Crippen LogP contribution in [-0.4, -0.2) is 11.0 Å². The van der Waals surface area contributed by atoms with E-state index in [0.29, 0.717) is 18.2 Å². The van der Waals surface area contributed by atoms with Crippen molar-refractivity contribution >= 4 is 15.9 Å². The standard InChI is InChI=1S/C6H7BrFN/c7-4-6(8)1-5(2-6)3-9/h5H,1-2,4H2. The van der Waals surface area contributed by atoms with Crippen molar-refractivity contribution in [2.24, 2.45) is 5.92 Å². The lowest BCUT2D eigenvalue weighted by Crippen LogP contribution is -2.40. The molecule has 1 saturated carbocycles. The first-order valence-electron chi connectivity index (χ1n) is 2.85. The van der Waals surface area contributed by atoms with Crippen LogP contribution in [-0.2, 0) is 0 Å². The van der Waals surface area contributed by atoms with Crippen molar-refractivity contribution in [2.45, 2.75) is 18.5 Å². The van der Waals surface area contributed by atoms with Gasteiger partial charge < -0.3 is 0 Å². The zero-order valence-electron chi connectivity index (χ0n) is 4.90. The van der Waals surface area contributed by atoms with Gasteiger partial charge in [0.25, 0.3) is 0 Å². The molecule has 1 aliphatic carbocycles. The largest absolute Gasteiger partial charge is 0.243 e. The molecule has 1 nitrogen and oxygen atoms in total. The molecule has 1 rings (SSSR count). The average Bonchev–Trinajstić information content (AvgIpc) is 1.81. The van der Waals surface area contributed by atoms with E-state index in [1.807, 2.05) is 6.07 Å². The summed E-state index contributed by atoms with van der Waals surface area (Å²) in [5.74, 6) is -0.0347. The molecule has 0 saturated heterocycles. The fourth-order valence-electron chi connectivity index (χ4n) is 1.02. The van der Waals surface area contributed by atoms with Crippen molar-refractivity contribution in [2.75, 3.05) is 5.33 Å². The first-order chi connectivity index (χ1) is 4.20. The van der Waals surface area contributed by atoms with Crippen molar-refractivity contribution in [1.29, 1.82) is 5.26 Å². The summed E-state index contributed by atoms with van der Waals surface area (Å²) in [4.78, 5) is 0. The number of hydrogen-bond donors (Lipinski definition) is 0. The predicted octanol–water partition coefficient (Wildman–Crippen LogP) is 2.02. The van der Waals surface area contributed by atoms with Gasteiger partial charge in [0.1, 0.15) is 5.67 Å². The van der Waals surface area contributed by atoms with Gasteiger partial charge in [-0.25, -0.2) is 4.39 Å². The van der Waals surface area contributed by atoms with Gasteiger partial charge in [0.15, 0.2) is 0 Å². The number of hydrogen-bond acceptors (Lipinski definition) is 1. The fraction of sp³-hybridized carbons (Fsp3) is 0.833. The molecule has 0 aromatic heterocycles. The summed E-state index contributed by atoms with van der Waals surface area (Å²) in [7, 11) is 0. The van der Waals surface area contributed by atoms with Crippen LogP contribution in [0.5, 0.6) is 0 Å². The number of alkyl halides is 2. The maximum Gasteiger partial charge on any atom is 0.123 e. The van der Waals surface area contributed by atoms with Gasteiger partial charge >= 0.3 is 0 Å². The van der Waals surface area contributed by atoms with E-state index in [2.05, 4.69) is 15.9 Å². The number of nitrogens with zero attached hydrogens (tertiary/aromatic N) is 1. The molecule has 0 radical (unpaired) electrons. The fourth-order valence-corrected chi connectivity index (χ4v) is 1.48. The zero-order valence-corrected chi connectivity index (χ0v) is 6.49. The molecule has 0 spiro atoms. The number of rotatable bonds is 1. The molecule has 0 atom stereocenters. The van der Waals surface area contributed by atoms with Crippen LogP contribution in [0, 0.1) is 17.2 Å². The molecular formula is C6H7BrFN. The first-order valence-corrected chi connectivity index (χ1v) is 3.97. The molecule has 0 bridgehead atoms. The van der Waals surface area contributed by atoms with Gasteiger partial charge in [-0.15, -0.1) is 0 Å². The minimum Gasteiger partial charge on any atom is -0.243 e. The maximum absolute atomic E-state index is 12.9. The Kier molecular flexibility index (Phi) is 1.76. The Balaban J connectivity index is 2.34. The highest BCUT2D eigenvalue weighted by Gasteiger charge is 2.43. The van der Waals surface area contributed by atoms with Crippen LogP contribution in [0.4, 0.5) is 4.39 Å². The van der Waals surface area contributed by atoms with Crippen molar-refractivity contribution in [3.63, 3.8) is 0 Å². The molecule has 0 aromatic rings. The van der Waals surface area contributed by atoms with Crippen molar-refractivity contribution in [3.05, 3.63) is 0 Å². The quantitative estimate of drug-likeness (QED) is 0.583. The Morgan fingerprint density at radius 1 is 1.78 bits per heavy atom. The second-order valence-corrected chi connectivity index (χ2v) is 3.08. The number of nitriles is 1. The Morgan fingerprint density at radius 2 is 2.33 bits per heavy atom. The molecule has 0 N–H and O–H groups in total. The molecule has 9 heavy (non-hydrogen) atoms. The highest BCUT2D eigenvalue weighted by molar-refractivity contribution is 9.09. The molecule has 1 aliphatic rings. The topological polar surface area (TPSA) is 23.8 Å². The Morgan fingerprint density at radius 3 is 2.67 bits per heavy atom. The molecule has 0 amide bonds. The molecule has 0 aliphatic heterocycles. The van der Waals surface area contributed by atoms with Crippen LogP contribution < -0.4 is 0 Å². The van der Waals surface area contributed by atoms with Gasteiger partial charge in [-0.05, 0) is 12.8 Å². The smallest absolute Gasteiger partial charge is 0.123 e. The van der Waals surface area contributed by atoms with Gasteiger partial charge in [0.2, 0.25) is 0 Å². The minimum absolute atomic E-state index is 0.0347. The van der Waals surface area contributed by atoms with Crippen LogP contribution in [0.15, 0.2) is 0 Å². The molecule has 0 aromatic carbocycles. The van der Waals surface area contributed by atoms with Crippen molar-refractivity contribution in [1.82, 2.24) is 0 Å². The summed E-state index contributed by atoms with van der Waals surface area (Å²) >= 11 is 3.05. The first kappa shape index (κ1) is 7.01. The van der Waals surface area contributed by atoms with E-state index in [0.717, 1.165) is 0 Å². The molecule has 1 fully saturated rings. The van der Waals surface area contributed by atoms with Gasteiger partial charge in [-0.1, -0.05) is 15.9 Å². The highest BCUT2D eigenvalue weighted by atomic mass is 79.9. The summed E-state index contributed by atoms with van der Waals surface area (Å²) in [6.45, 7) is 0. The Bertz CT molecular complexity index is 146. The summed E-state index contributed by atoms with van der Waals surface area (Å²) in [5, 5.41) is 8.65. The third kappa shape index (κ3) is 1.24. The van der Waals surface area contributed by atoms with Gasteiger partial charge in [0.05, 0.1) is 12.0 Å². The second-order valence-electron chi connectivity index (χ2n) is 2.52. The van der Waals surface area contributed by atoms with Crippen LogP contribution in [0.25, 0.3) is 0 Å². The third-order valence-electron chi connectivity index (χ3n) is 1.65. The van der Waals surface area contributed by atoms with E-state index in [4.69, 9.17) is 5.26 Å². The normalized spacial score (nSPS) is 41.2. The van der Waals surface area contributed by atoms with Crippen LogP contribution in [0.3, 0.4) is 0 Å².